The quantitative estimate of drug-likeness (QED) is 0.688. The number of anilines is 1. The standard InChI is InChI=1S/C13H12N2O3S/c1-8-6-7-12(19-8)13(16)14-10-4-3-5-11(9(10)2)15(17)18/h3-7H,1-2H3,(H,14,16). The Labute approximate surface area is 114 Å². The molecule has 98 valence electrons. The number of nitrogens with one attached hydrogen (secondary N) is 1. The number of amides is 1. The van der Waals surface area contributed by atoms with E-state index in [-0.39, 0.29) is 11.6 Å². The second kappa shape index (κ2) is 5.19. The maximum absolute atomic E-state index is 12.0. The van der Waals surface area contributed by atoms with Gasteiger partial charge in [0, 0.05) is 10.9 Å². The first-order chi connectivity index (χ1) is 8.99. The van der Waals surface area contributed by atoms with Crippen LogP contribution in [0.2, 0.25) is 0 Å². The van der Waals surface area contributed by atoms with Gasteiger partial charge in [0.1, 0.15) is 0 Å². The molecule has 1 heterocycles. The number of carbonyl (C=O) groups excluding carboxylic acids is 1. The number of thiophene rings is 1. The highest BCUT2D eigenvalue weighted by Crippen LogP contribution is 2.26. The van der Waals surface area contributed by atoms with E-state index in [1.165, 1.54) is 17.4 Å². The molecule has 2 aromatic rings. The molecule has 0 aliphatic rings. The molecule has 5 nitrogen and oxygen atoms in total. The molecule has 6 heteroatoms. The molecular weight excluding hydrogens is 264 g/mol. The molecule has 0 bridgehead atoms. The molecule has 0 fully saturated rings. The van der Waals surface area contributed by atoms with Crippen LogP contribution in [0.3, 0.4) is 0 Å². The zero-order valence-electron chi connectivity index (χ0n) is 10.5. The van der Waals surface area contributed by atoms with E-state index in [9.17, 15) is 14.9 Å². The van der Waals surface area contributed by atoms with E-state index in [1.54, 1.807) is 25.1 Å². The fraction of sp³-hybridized carbons (Fsp3) is 0.154. The van der Waals surface area contributed by atoms with Crippen molar-refractivity contribution in [2.45, 2.75) is 13.8 Å². The van der Waals surface area contributed by atoms with Crippen molar-refractivity contribution in [1.82, 2.24) is 0 Å². The highest BCUT2D eigenvalue weighted by Gasteiger charge is 2.16. The summed E-state index contributed by atoms with van der Waals surface area (Å²) in [6.07, 6.45) is 0. The van der Waals surface area contributed by atoms with Crippen molar-refractivity contribution < 1.29 is 9.72 Å². The predicted octanol–water partition coefficient (Wildman–Crippen LogP) is 3.53. The van der Waals surface area contributed by atoms with Crippen molar-refractivity contribution in [1.29, 1.82) is 0 Å². The number of rotatable bonds is 3. The molecule has 19 heavy (non-hydrogen) atoms. The molecule has 0 radical (unpaired) electrons. The van der Waals surface area contributed by atoms with Crippen molar-refractivity contribution in [2.24, 2.45) is 0 Å². The largest absolute Gasteiger partial charge is 0.321 e. The Balaban J connectivity index is 2.27. The summed E-state index contributed by atoms with van der Waals surface area (Å²) in [5, 5.41) is 13.5. The van der Waals surface area contributed by atoms with Gasteiger partial charge >= 0.3 is 0 Å². The van der Waals surface area contributed by atoms with E-state index >= 15 is 0 Å². The van der Waals surface area contributed by atoms with E-state index in [1.807, 2.05) is 13.0 Å². The Kier molecular flexibility index (Phi) is 3.62. The van der Waals surface area contributed by atoms with E-state index < -0.39 is 4.92 Å². The second-order valence-corrected chi connectivity index (χ2v) is 5.36. The Morgan fingerprint density at radius 1 is 1.26 bits per heavy atom. The first-order valence-electron chi connectivity index (χ1n) is 5.61. The summed E-state index contributed by atoms with van der Waals surface area (Å²) in [5.41, 5.74) is 0.916. The van der Waals surface area contributed by atoms with Crippen LogP contribution in [0.25, 0.3) is 0 Å². The van der Waals surface area contributed by atoms with Crippen LogP contribution in [0.1, 0.15) is 20.1 Å². The zero-order valence-corrected chi connectivity index (χ0v) is 11.3. The monoisotopic (exact) mass is 276 g/mol. The van der Waals surface area contributed by atoms with E-state index in [2.05, 4.69) is 5.32 Å². The Morgan fingerprint density at radius 3 is 2.58 bits per heavy atom. The minimum Gasteiger partial charge on any atom is -0.321 e. The average molecular weight is 276 g/mol. The zero-order chi connectivity index (χ0) is 14.0. The third-order valence-corrected chi connectivity index (χ3v) is 3.71. The van der Waals surface area contributed by atoms with Crippen molar-refractivity contribution >= 4 is 28.6 Å². The molecule has 0 spiro atoms. The van der Waals surface area contributed by atoms with Crippen molar-refractivity contribution in [3.8, 4) is 0 Å². The van der Waals surface area contributed by atoms with Crippen LogP contribution >= 0.6 is 11.3 Å². The summed E-state index contributed by atoms with van der Waals surface area (Å²) in [4.78, 5) is 24.0. The molecule has 1 aromatic carbocycles. The van der Waals surface area contributed by atoms with Crippen molar-refractivity contribution in [3.05, 3.63) is 55.8 Å². The third kappa shape index (κ3) is 2.79. The maximum atomic E-state index is 12.0. The summed E-state index contributed by atoms with van der Waals surface area (Å²) in [5.74, 6) is -0.248. The van der Waals surface area contributed by atoms with Gasteiger partial charge in [-0.05, 0) is 32.0 Å². The number of aryl methyl sites for hydroxylation is 1. The molecule has 0 saturated carbocycles. The minimum absolute atomic E-state index is 0.000148. The highest BCUT2D eigenvalue weighted by atomic mass is 32.1. The molecule has 0 atom stereocenters. The lowest BCUT2D eigenvalue weighted by molar-refractivity contribution is -0.385. The lowest BCUT2D eigenvalue weighted by Gasteiger charge is -2.07. The Morgan fingerprint density at radius 2 is 2.00 bits per heavy atom. The van der Waals surface area contributed by atoms with Crippen LogP contribution in [0, 0.1) is 24.0 Å². The fourth-order valence-electron chi connectivity index (χ4n) is 1.70. The first kappa shape index (κ1) is 13.2. The van der Waals surface area contributed by atoms with Gasteiger partial charge in [-0.1, -0.05) is 6.07 Å². The summed E-state index contributed by atoms with van der Waals surface area (Å²) >= 11 is 1.39. The average Bonchev–Trinajstić information content (AvgIpc) is 2.78. The number of nitro benzene ring substituents is 1. The summed E-state index contributed by atoms with van der Waals surface area (Å²) in [6.45, 7) is 3.54. The molecule has 0 aliphatic heterocycles. The van der Waals surface area contributed by atoms with Crippen LogP contribution in [-0.2, 0) is 0 Å². The van der Waals surface area contributed by atoms with Gasteiger partial charge in [0.2, 0.25) is 0 Å². The maximum Gasteiger partial charge on any atom is 0.274 e. The van der Waals surface area contributed by atoms with E-state index in [4.69, 9.17) is 0 Å². The van der Waals surface area contributed by atoms with Gasteiger partial charge in [0.05, 0.1) is 21.1 Å². The molecular formula is C13H12N2O3S. The molecule has 0 aliphatic carbocycles. The van der Waals surface area contributed by atoms with Gasteiger partial charge in [-0.3, -0.25) is 14.9 Å². The van der Waals surface area contributed by atoms with Crippen LogP contribution < -0.4 is 5.32 Å². The van der Waals surface area contributed by atoms with Gasteiger partial charge in [-0.25, -0.2) is 0 Å². The van der Waals surface area contributed by atoms with Crippen LogP contribution in [0.4, 0.5) is 11.4 Å². The van der Waals surface area contributed by atoms with E-state index in [0.29, 0.717) is 16.1 Å². The number of hydrogen-bond donors (Lipinski definition) is 1. The lowest BCUT2D eigenvalue weighted by Crippen LogP contribution is -2.11. The van der Waals surface area contributed by atoms with Gasteiger partial charge in [-0.2, -0.15) is 0 Å². The number of nitrogens with zero attached hydrogens (tertiary/aromatic N) is 1. The fourth-order valence-corrected chi connectivity index (χ4v) is 2.46. The molecule has 0 saturated heterocycles. The van der Waals surface area contributed by atoms with Crippen molar-refractivity contribution in [3.63, 3.8) is 0 Å². The highest BCUT2D eigenvalue weighted by molar-refractivity contribution is 7.14. The van der Waals surface area contributed by atoms with Crippen LogP contribution in [-0.4, -0.2) is 10.8 Å². The number of hydrogen-bond acceptors (Lipinski definition) is 4. The number of carbonyl (C=O) groups is 1. The van der Waals surface area contributed by atoms with Gasteiger partial charge in [0.15, 0.2) is 0 Å². The molecule has 1 aromatic heterocycles. The number of benzene rings is 1. The lowest BCUT2D eigenvalue weighted by atomic mass is 10.1. The molecule has 1 N–H and O–H groups in total. The smallest absolute Gasteiger partial charge is 0.274 e. The van der Waals surface area contributed by atoms with Gasteiger partial charge in [-0.15, -0.1) is 11.3 Å². The summed E-state index contributed by atoms with van der Waals surface area (Å²) in [7, 11) is 0. The number of nitro groups is 1. The molecule has 0 unspecified atom stereocenters. The molecule has 2 rings (SSSR count). The third-order valence-electron chi connectivity index (χ3n) is 2.71. The minimum atomic E-state index is -0.458. The summed E-state index contributed by atoms with van der Waals surface area (Å²) in [6, 6.07) is 8.23. The SMILES string of the molecule is Cc1ccc(C(=O)Nc2cccc([N+](=O)[O-])c2C)s1. The van der Waals surface area contributed by atoms with Gasteiger partial charge < -0.3 is 5.32 Å². The molecule has 1 amide bonds. The van der Waals surface area contributed by atoms with Gasteiger partial charge in [0.25, 0.3) is 11.6 Å². The first-order valence-corrected chi connectivity index (χ1v) is 6.42. The van der Waals surface area contributed by atoms with E-state index in [0.717, 1.165) is 4.88 Å². The Bertz CT molecular complexity index is 649. The normalized spacial score (nSPS) is 10.2. The summed E-state index contributed by atoms with van der Waals surface area (Å²) < 4.78 is 0. The van der Waals surface area contributed by atoms with Crippen LogP contribution in [0.15, 0.2) is 30.3 Å². The van der Waals surface area contributed by atoms with Crippen molar-refractivity contribution in [2.75, 3.05) is 5.32 Å². The Hall–Kier alpha value is -2.21. The topological polar surface area (TPSA) is 72.2 Å². The second-order valence-electron chi connectivity index (χ2n) is 4.07. The van der Waals surface area contributed by atoms with Crippen LogP contribution in [0.5, 0.6) is 0 Å². The predicted molar refractivity (Wildman–Crippen MR) is 74.8 cm³/mol.